The van der Waals surface area contributed by atoms with Crippen molar-refractivity contribution in [1.29, 1.82) is 0 Å². The van der Waals surface area contributed by atoms with E-state index < -0.39 is 17.4 Å². The van der Waals surface area contributed by atoms with Crippen LogP contribution in [0.1, 0.15) is 33.6 Å². The predicted octanol–water partition coefficient (Wildman–Crippen LogP) is 0.603. The van der Waals surface area contributed by atoms with Gasteiger partial charge in [0.15, 0.2) is 0 Å². The molecule has 1 heterocycles. The molecule has 1 saturated heterocycles. The molecule has 2 unspecified atom stereocenters. The van der Waals surface area contributed by atoms with Crippen LogP contribution in [0.15, 0.2) is 0 Å². The van der Waals surface area contributed by atoms with Crippen LogP contribution in [0.3, 0.4) is 0 Å². The van der Waals surface area contributed by atoms with E-state index in [1.807, 2.05) is 0 Å². The van der Waals surface area contributed by atoms with Crippen molar-refractivity contribution in [3.63, 3.8) is 0 Å². The van der Waals surface area contributed by atoms with Crippen molar-refractivity contribution < 1.29 is 19.4 Å². The summed E-state index contributed by atoms with van der Waals surface area (Å²) in [5, 5.41) is 12.0. The highest BCUT2D eigenvalue weighted by Gasteiger charge is 2.47. The Kier molecular flexibility index (Phi) is 5.95. The van der Waals surface area contributed by atoms with E-state index in [4.69, 9.17) is 10.5 Å². The molecule has 0 aliphatic carbocycles. The van der Waals surface area contributed by atoms with Crippen LogP contribution in [0, 0.1) is 17.3 Å². The second-order valence-electron chi connectivity index (χ2n) is 6.29. The fourth-order valence-electron chi connectivity index (χ4n) is 2.53. The largest absolute Gasteiger partial charge is 0.481 e. The van der Waals surface area contributed by atoms with E-state index in [-0.39, 0.29) is 25.0 Å². The second-order valence-corrected chi connectivity index (χ2v) is 6.29. The molecule has 0 spiro atoms. The number of carboxylic acids is 1. The average Bonchev–Trinajstić information content (AvgIpc) is 2.70. The van der Waals surface area contributed by atoms with E-state index in [0.717, 1.165) is 6.42 Å². The van der Waals surface area contributed by atoms with Crippen molar-refractivity contribution in [3.8, 4) is 0 Å². The Morgan fingerprint density at radius 2 is 2.15 bits per heavy atom. The predicted molar refractivity (Wildman–Crippen MR) is 75.1 cm³/mol. The summed E-state index contributed by atoms with van der Waals surface area (Å²) in [5.41, 5.74) is 4.63. The number of nitrogens with two attached hydrogens (primary N) is 1. The van der Waals surface area contributed by atoms with Gasteiger partial charge in [-0.1, -0.05) is 13.8 Å². The molecule has 6 nitrogen and oxygen atoms in total. The van der Waals surface area contributed by atoms with Gasteiger partial charge in [-0.05, 0) is 31.7 Å². The number of amides is 1. The van der Waals surface area contributed by atoms with Crippen molar-refractivity contribution >= 4 is 11.9 Å². The molecular formula is C14H26N2O4. The van der Waals surface area contributed by atoms with Gasteiger partial charge in [-0.2, -0.15) is 0 Å². The Morgan fingerprint density at radius 3 is 2.65 bits per heavy atom. The van der Waals surface area contributed by atoms with E-state index in [1.165, 1.54) is 0 Å². The summed E-state index contributed by atoms with van der Waals surface area (Å²) in [4.78, 5) is 23.3. The number of carboxylic acid groups (broad SMARTS) is 1. The van der Waals surface area contributed by atoms with Crippen molar-refractivity contribution in [2.75, 3.05) is 19.8 Å². The minimum absolute atomic E-state index is 0.125. The van der Waals surface area contributed by atoms with Crippen LogP contribution in [-0.4, -0.2) is 42.8 Å². The number of rotatable bonds is 7. The Balaban J connectivity index is 2.55. The van der Waals surface area contributed by atoms with Crippen LogP contribution in [0.2, 0.25) is 0 Å². The van der Waals surface area contributed by atoms with E-state index >= 15 is 0 Å². The van der Waals surface area contributed by atoms with E-state index in [0.29, 0.717) is 18.9 Å². The number of hydrogen-bond donors (Lipinski definition) is 3. The first kappa shape index (κ1) is 16.9. The third-order valence-corrected chi connectivity index (χ3v) is 3.89. The monoisotopic (exact) mass is 286 g/mol. The first-order valence-electron chi connectivity index (χ1n) is 7.10. The normalized spacial score (nSPS) is 27.6. The van der Waals surface area contributed by atoms with Crippen molar-refractivity contribution in [3.05, 3.63) is 0 Å². The summed E-state index contributed by atoms with van der Waals surface area (Å²) in [6.45, 7) is 6.61. The average molecular weight is 286 g/mol. The van der Waals surface area contributed by atoms with Gasteiger partial charge in [-0.25, -0.2) is 0 Å². The van der Waals surface area contributed by atoms with Gasteiger partial charge in [0.25, 0.3) is 0 Å². The molecule has 1 rings (SSSR count). The molecule has 0 aromatic carbocycles. The van der Waals surface area contributed by atoms with Crippen LogP contribution in [0.4, 0.5) is 0 Å². The molecular weight excluding hydrogens is 260 g/mol. The van der Waals surface area contributed by atoms with Gasteiger partial charge in [0.05, 0.1) is 19.3 Å². The lowest BCUT2D eigenvalue weighted by atomic mass is 9.85. The molecule has 116 valence electrons. The summed E-state index contributed by atoms with van der Waals surface area (Å²) in [6, 6.07) is -0.482. The molecule has 3 atom stereocenters. The number of aliphatic carboxylic acids is 1. The fraction of sp³-hybridized carbons (Fsp3) is 0.857. The zero-order chi connectivity index (χ0) is 15.3. The quantitative estimate of drug-likeness (QED) is 0.636. The third kappa shape index (κ3) is 4.18. The lowest BCUT2D eigenvalue weighted by Gasteiger charge is -2.26. The van der Waals surface area contributed by atoms with E-state index in [1.54, 1.807) is 6.92 Å². The third-order valence-electron chi connectivity index (χ3n) is 3.89. The van der Waals surface area contributed by atoms with Crippen molar-refractivity contribution in [2.45, 2.75) is 39.7 Å². The van der Waals surface area contributed by atoms with Crippen LogP contribution in [0.25, 0.3) is 0 Å². The zero-order valence-electron chi connectivity index (χ0n) is 12.5. The second kappa shape index (κ2) is 7.04. The van der Waals surface area contributed by atoms with Gasteiger partial charge in [0.2, 0.25) is 5.91 Å². The van der Waals surface area contributed by atoms with Gasteiger partial charge in [0.1, 0.15) is 5.41 Å². The molecule has 1 amide bonds. The van der Waals surface area contributed by atoms with E-state index in [2.05, 4.69) is 19.2 Å². The molecule has 1 fully saturated rings. The Bertz CT molecular complexity index is 359. The highest BCUT2D eigenvalue weighted by molar-refractivity contribution is 5.80. The molecule has 1 aliphatic rings. The van der Waals surface area contributed by atoms with Crippen LogP contribution < -0.4 is 11.1 Å². The minimum Gasteiger partial charge on any atom is -0.481 e. The number of carbonyl (C=O) groups is 2. The van der Waals surface area contributed by atoms with Gasteiger partial charge >= 0.3 is 5.97 Å². The van der Waals surface area contributed by atoms with Crippen LogP contribution in [0.5, 0.6) is 0 Å². The molecule has 0 aromatic heterocycles. The van der Waals surface area contributed by atoms with Gasteiger partial charge < -0.3 is 20.9 Å². The topological polar surface area (TPSA) is 102 Å². The summed E-state index contributed by atoms with van der Waals surface area (Å²) >= 11 is 0. The lowest BCUT2D eigenvalue weighted by Crippen LogP contribution is -2.50. The van der Waals surface area contributed by atoms with Gasteiger partial charge in [-0.3, -0.25) is 9.59 Å². The summed E-state index contributed by atoms with van der Waals surface area (Å²) < 4.78 is 5.21. The molecule has 4 N–H and O–H groups in total. The standard InChI is InChI=1S/C14H26N2O4/c1-9(2)4-10(6-15)5-12(17)16-11-7-20-8-14(11,3)13(18)19/h9-11H,4-8,15H2,1-3H3,(H,16,17)(H,18,19)/t10-,11?,14?/m0/s1. The van der Waals surface area contributed by atoms with Gasteiger partial charge in [-0.15, -0.1) is 0 Å². The minimum atomic E-state index is -1.05. The number of carbonyl (C=O) groups excluding carboxylic acids is 1. The lowest BCUT2D eigenvalue weighted by molar-refractivity contribution is -0.149. The van der Waals surface area contributed by atoms with Gasteiger partial charge in [0, 0.05) is 6.42 Å². The molecule has 0 radical (unpaired) electrons. The number of hydrogen-bond acceptors (Lipinski definition) is 4. The molecule has 6 heteroatoms. The van der Waals surface area contributed by atoms with Crippen molar-refractivity contribution in [1.82, 2.24) is 5.32 Å². The molecule has 0 bridgehead atoms. The summed E-state index contributed by atoms with van der Waals surface area (Å²) in [5.74, 6) is -0.481. The smallest absolute Gasteiger partial charge is 0.313 e. The zero-order valence-corrected chi connectivity index (χ0v) is 12.5. The van der Waals surface area contributed by atoms with Crippen LogP contribution in [-0.2, 0) is 14.3 Å². The van der Waals surface area contributed by atoms with Crippen molar-refractivity contribution in [2.24, 2.45) is 23.0 Å². The molecule has 0 aromatic rings. The SMILES string of the molecule is CC(C)C[C@H](CN)CC(=O)NC1COCC1(C)C(=O)O. The summed E-state index contributed by atoms with van der Waals surface area (Å²) in [6.07, 6.45) is 1.22. The Labute approximate surface area is 120 Å². The number of ether oxygens (including phenoxy) is 1. The first-order valence-corrected chi connectivity index (χ1v) is 7.10. The van der Waals surface area contributed by atoms with Crippen LogP contribution >= 0.6 is 0 Å². The molecule has 1 aliphatic heterocycles. The highest BCUT2D eigenvalue weighted by atomic mass is 16.5. The Hall–Kier alpha value is -1.14. The maximum absolute atomic E-state index is 12.0. The van der Waals surface area contributed by atoms with E-state index in [9.17, 15) is 14.7 Å². The molecule has 20 heavy (non-hydrogen) atoms. The maximum atomic E-state index is 12.0. The highest BCUT2D eigenvalue weighted by Crippen LogP contribution is 2.29. The Morgan fingerprint density at radius 1 is 1.50 bits per heavy atom. The summed E-state index contributed by atoms with van der Waals surface area (Å²) in [7, 11) is 0. The molecule has 0 saturated carbocycles. The first-order chi connectivity index (χ1) is 9.29. The number of nitrogens with one attached hydrogen (secondary N) is 1. The maximum Gasteiger partial charge on any atom is 0.313 e. The fourth-order valence-corrected chi connectivity index (χ4v) is 2.53.